The van der Waals surface area contributed by atoms with Crippen LogP contribution in [0.1, 0.15) is 61.5 Å². The van der Waals surface area contributed by atoms with Crippen molar-refractivity contribution in [1.82, 2.24) is 15.3 Å². The highest BCUT2D eigenvalue weighted by Gasteiger charge is 2.39. The largest absolute Gasteiger partial charge is 0.390 e. The Morgan fingerprint density at radius 1 is 1.29 bits per heavy atom. The van der Waals surface area contributed by atoms with Gasteiger partial charge < -0.3 is 10.4 Å². The fourth-order valence-electron chi connectivity index (χ4n) is 3.34. The molecule has 2 saturated carbocycles. The molecule has 0 unspecified atom stereocenters. The highest BCUT2D eigenvalue weighted by molar-refractivity contribution is 5.97. The Morgan fingerprint density at radius 3 is 2.71 bits per heavy atom. The van der Waals surface area contributed by atoms with Crippen molar-refractivity contribution in [3.63, 3.8) is 0 Å². The summed E-state index contributed by atoms with van der Waals surface area (Å²) in [7, 11) is 0. The molecule has 0 spiro atoms. The van der Waals surface area contributed by atoms with E-state index in [4.69, 9.17) is 0 Å². The lowest BCUT2D eigenvalue weighted by molar-refractivity contribution is -0.0309. The van der Waals surface area contributed by atoms with E-state index in [-0.39, 0.29) is 17.9 Å². The van der Waals surface area contributed by atoms with Gasteiger partial charge in [0.1, 0.15) is 0 Å². The van der Waals surface area contributed by atoms with Crippen LogP contribution in [0.15, 0.2) is 24.4 Å². The molecule has 126 valence electrons. The molecule has 1 amide bonds. The van der Waals surface area contributed by atoms with Gasteiger partial charge in [-0.2, -0.15) is 0 Å². The van der Waals surface area contributed by atoms with Crippen LogP contribution in [0, 0.1) is 5.92 Å². The monoisotopic (exact) mass is 325 g/mol. The number of aromatic nitrogens is 2. The molecular weight excluding hydrogens is 302 g/mol. The summed E-state index contributed by atoms with van der Waals surface area (Å²) in [4.78, 5) is 21.4. The first kappa shape index (κ1) is 15.5. The quantitative estimate of drug-likeness (QED) is 0.906. The number of carbonyl (C=O) groups is 1. The minimum Gasteiger partial charge on any atom is -0.390 e. The predicted molar refractivity (Wildman–Crippen MR) is 91.8 cm³/mol. The van der Waals surface area contributed by atoms with E-state index < -0.39 is 5.60 Å². The molecule has 5 nitrogen and oxygen atoms in total. The Hall–Kier alpha value is -2.01. The van der Waals surface area contributed by atoms with Crippen molar-refractivity contribution in [3.8, 4) is 0 Å². The normalized spacial score (nSPS) is 23.8. The second-order valence-electron chi connectivity index (χ2n) is 7.77. The summed E-state index contributed by atoms with van der Waals surface area (Å²) >= 11 is 0. The molecule has 2 N–H and O–H groups in total. The molecule has 24 heavy (non-hydrogen) atoms. The van der Waals surface area contributed by atoms with Crippen LogP contribution in [0.5, 0.6) is 0 Å². The second-order valence-corrected chi connectivity index (χ2v) is 7.77. The van der Waals surface area contributed by atoms with Gasteiger partial charge in [-0.25, -0.2) is 9.97 Å². The topological polar surface area (TPSA) is 75.1 Å². The van der Waals surface area contributed by atoms with Gasteiger partial charge in [0.25, 0.3) is 5.91 Å². The molecule has 2 aromatic heterocycles. The Balaban J connectivity index is 1.44. The molecule has 2 aliphatic rings. The molecule has 0 bridgehead atoms. The lowest BCUT2D eigenvalue weighted by Crippen LogP contribution is -2.50. The average molecular weight is 325 g/mol. The summed E-state index contributed by atoms with van der Waals surface area (Å²) < 4.78 is 0. The zero-order chi connectivity index (χ0) is 16.9. The van der Waals surface area contributed by atoms with Gasteiger partial charge in [0, 0.05) is 29.2 Å². The van der Waals surface area contributed by atoms with Gasteiger partial charge in [-0.15, -0.1) is 0 Å². The number of pyridine rings is 2. The number of carbonyl (C=O) groups excluding carboxylic acids is 1. The molecule has 0 atom stereocenters. The Kier molecular flexibility index (Phi) is 3.57. The molecule has 0 radical (unpaired) electrons. The fourth-order valence-corrected chi connectivity index (χ4v) is 3.34. The molecule has 2 heterocycles. The molecule has 5 heteroatoms. The lowest BCUT2D eigenvalue weighted by Gasteiger charge is -2.42. The van der Waals surface area contributed by atoms with Crippen LogP contribution in [0.4, 0.5) is 0 Å². The first-order valence-corrected chi connectivity index (χ1v) is 8.70. The Labute approximate surface area is 141 Å². The second kappa shape index (κ2) is 5.52. The molecule has 4 rings (SSSR count). The molecule has 0 saturated heterocycles. The van der Waals surface area contributed by atoms with Crippen molar-refractivity contribution in [1.29, 1.82) is 0 Å². The number of nitrogens with zero attached hydrogens (tertiary/aromatic N) is 2. The van der Waals surface area contributed by atoms with Crippen LogP contribution in [0.2, 0.25) is 0 Å². The lowest BCUT2D eigenvalue weighted by atomic mass is 9.71. The number of rotatable bonds is 4. The maximum Gasteiger partial charge on any atom is 0.253 e. The van der Waals surface area contributed by atoms with E-state index in [9.17, 15) is 9.90 Å². The van der Waals surface area contributed by atoms with Gasteiger partial charge in [-0.1, -0.05) is 0 Å². The highest BCUT2D eigenvalue weighted by Crippen LogP contribution is 2.39. The van der Waals surface area contributed by atoms with Crippen molar-refractivity contribution in [2.24, 2.45) is 5.92 Å². The van der Waals surface area contributed by atoms with E-state index in [1.807, 2.05) is 32.0 Å². The van der Waals surface area contributed by atoms with Crippen molar-refractivity contribution >= 4 is 16.9 Å². The average Bonchev–Trinajstić information content (AvgIpc) is 3.32. The van der Waals surface area contributed by atoms with E-state index in [1.165, 1.54) is 12.8 Å². The van der Waals surface area contributed by atoms with Crippen molar-refractivity contribution in [2.45, 2.75) is 57.1 Å². The summed E-state index contributed by atoms with van der Waals surface area (Å²) in [6, 6.07) is 6.05. The van der Waals surface area contributed by atoms with Gasteiger partial charge in [0.2, 0.25) is 0 Å². The third kappa shape index (κ3) is 3.00. The molecule has 0 aliphatic heterocycles. The van der Waals surface area contributed by atoms with E-state index in [1.54, 1.807) is 6.20 Å². The van der Waals surface area contributed by atoms with Crippen LogP contribution >= 0.6 is 0 Å². The number of amides is 1. The number of aliphatic hydroxyl groups is 1. The van der Waals surface area contributed by atoms with Gasteiger partial charge in [0.15, 0.2) is 5.65 Å². The highest BCUT2D eigenvalue weighted by atomic mass is 16.3. The first-order valence-electron chi connectivity index (χ1n) is 8.70. The van der Waals surface area contributed by atoms with Gasteiger partial charge >= 0.3 is 0 Å². The number of hydrogen-bond acceptors (Lipinski definition) is 4. The van der Waals surface area contributed by atoms with Crippen LogP contribution in [0.3, 0.4) is 0 Å². The molecule has 2 fully saturated rings. The van der Waals surface area contributed by atoms with E-state index >= 15 is 0 Å². The maximum absolute atomic E-state index is 12.4. The summed E-state index contributed by atoms with van der Waals surface area (Å²) in [5.74, 6) is 0.749. The summed E-state index contributed by atoms with van der Waals surface area (Å²) in [6.45, 7) is 3.65. The van der Waals surface area contributed by atoms with Crippen LogP contribution in [0.25, 0.3) is 11.0 Å². The predicted octanol–water partition coefficient (Wildman–Crippen LogP) is 2.79. The van der Waals surface area contributed by atoms with E-state index in [0.29, 0.717) is 17.1 Å². The summed E-state index contributed by atoms with van der Waals surface area (Å²) in [6.07, 6.45) is 5.68. The standard InChI is InChI=1S/C19H23N3O2/c1-19(2,24)14-8-15(9-14)21-18(23)13-7-12-5-6-16(11-3-4-11)22-17(12)20-10-13/h5-7,10-11,14-15,24H,3-4,8-9H2,1-2H3,(H,21,23). The van der Waals surface area contributed by atoms with Gasteiger partial charge in [-0.05, 0) is 63.6 Å². The number of nitrogens with one attached hydrogen (secondary N) is 1. The Morgan fingerprint density at radius 2 is 2.04 bits per heavy atom. The molecule has 0 aromatic carbocycles. The fraction of sp³-hybridized carbons (Fsp3) is 0.526. The zero-order valence-corrected chi connectivity index (χ0v) is 14.1. The van der Waals surface area contributed by atoms with Crippen LogP contribution < -0.4 is 5.32 Å². The molecule has 2 aromatic rings. The van der Waals surface area contributed by atoms with Gasteiger partial charge in [-0.3, -0.25) is 4.79 Å². The van der Waals surface area contributed by atoms with Crippen molar-refractivity contribution in [3.05, 3.63) is 35.7 Å². The number of hydrogen-bond donors (Lipinski definition) is 2. The van der Waals surface area contributed by atoms with E-state index in [0.717, 1.165) is 23.9 Å². The third-order valence-corrected chi connectivity index (χ3v) is 5.29. The SMILES string of the molecule is CC(C)(O)C1CC(NC(=O)c2cnc3nc(C4CC4)ccc3c2)C1. The van der Waals surface area contributed by atoms with Crippen LogP contribution in [-0.4, -0.2) is 32.6 Å². The van der Waals surface area contributed by atoms with Crippen LogP contribution in [-0.2, 0) is 0 Å². The zero-order valence-electron chi connectivity index (χ0n) is 14.1. The minimum atomic E-state index is -0.670. The third-order valence-electron chi connectivity index (χ3n) is 5.29. The van der Waals surface area contributed by atoms with E-state index in [2.05, 4.69) is 15.3 Å². The Bertz CT molecular complexity index is 787. The summed E-state index contributed by atoms with van der Waals surface area (Å²) in [5.41, 5.74) is 1.72. The maximum atomic E-state index is 12.4. The van der Waals surface area contributed by atoms with Crippen molar-refractivity contribution < 1.29 is 9.90 Å². The smallest absolute Gasteiger partial charge is 0.253 e. The molecule has 2 aliphatic carbocycles. The molecular formula is C19H23N3O2. The van der Waals surface area contributed by atoms with Gasteiger partial charge in [0.05, 0.1) is 11.2 Å². The number of fused-ring (bicyclic) bond motifs is 1. The summed E-state index contributed by atoms with van der Waals surface area (Å²) in [5, 5.41) is 13.9. The first-order chi connectivity index (χ1) is 11.4. The minimum absolute atomic E-state index is 0.102. The van der Waals surface area contributed by atoms with Crippen molar-refractivity contribution in [2.75, 3.05) is 0 Å².